The number of likely N-dealkylation sites (tertiary alicyclic amines) is 2. The monoisotopic (exact) mass is 563 g/mol. The Hall–Kier alpha value is -3.28. The number of aromatic nitrogens is 2. The molecule has 3 fully saturated rings. The zero-order valence-corrected chi connectivity index (χ0v) is 23.9. The predicted octanol–water partition coefficient (Wildman–Crippen LogP) is 1.37. The highest BCUT2D eigenvalue weighted by molar-refractivity contribution is 5.93. The lowest BCUT2D eigenvalue weighted by molar-refractivity contribution is -0.129. The molecule has 0 radical (unpaired) electrons. The van der Waals surface area contributed by atoms with Gasteiger partial charge in [0.15, 0.2) is 0 Å². The van der Waals surface area contributed by atoms with Crippen LogP contribution in [0.15, 0.2) is 30.3 Å². The Morgan fingerprint density at radius 1 is 0.951 bits per heavy atom. The van der Waals surface area contributed by atoms with E-state index in [4.69, 9.17) is 14.7 Å². The van der Waals surface area contributed by atoms with Crippen molar-refractivity contribution in [1.82, 2.24) is 24.7 Å². The molecule has 0 saturated carbocycles. The molecule has 0 unspecified atom stereocenters. The Kier molecular flexibility index (Phi) is 8.36. The summed E-state index contributed by atoms with van der Waals surface area (Å²) in [7, 11) is 0. The Morgan fingerprint density at radius 2 is 1.68 bits per heavy atom. The van der Waals surface area contributed by atoms with Crippen molar-refractivity contribution < 1.29 is 19.4 Å². The molecule has 0 aliphatic carbocycles. The standard InChI is InChI=1S/C30H41N7O4/c1-21(38)34-11-7-24(8-12-34)31-28-18-25(32-30(33-28)35-14-16-41-17-15-35)29(40)37-13-9-26(27(39)20-37)36-10-6-22-4-2-3-5-23(22)19-36/h2-5,18,24,26-27,39H,6-17,19-20H2,1H3,(H,31,32,33)/t26-,27-/m0/s1. The summed E-state index contributed by atoms with van der Waals surface area (Å²) in [6.45, 7) is 8.13. The van der Waals surface area contributed by atoms with Gasteiger partial charge < -0.3 is 29.9 Å². The van der Waals surface area contributed by atoms with Gasteiger partial charge in [-0.2, -0.15) is 4.98 Å². The number of nitrogens with zero attached hydrogens (tertiary/aromatic N) is 6. The van der Waals surface area contributed by atoms with Gasteiger partial charge in [-0.1, -0.05) is 24.3 Å². The van der Waals surface area contributed by atoms with E-state index in [1.165, 1.54) is 11.1 Å². The lowest BCUT2D eigenvalue weighted by atomic mass is 9.94. The van der Waals surface area contributed by atoms with Gasteiger partial charge in [0.25, 0.3) is 5.91 Å². The second kappa shape index (κ2) is 12.3. The largest absolute Gasteiger partial charge is 0.390 e. The van der Waals surface area contributed by atoms with Crippen LogP contribution in [0, 0.1) is 0 Å². The van der Waals surface area contributed by atoms with Crippen LogP contribution >= 0.6 is 0 Å². The van der Waals surface area contributed by atoms with E-state index in [1.807, 2.05) is 4.90 Å². The summed E-state index contributed by atoms with van der Waals surface area (Å²) in [5.74, 6) is 1.06. The van der Waals surface area contributed by atoms with Crippen LogP contribution in [0.2, 0.25) is 0 Å². The van der Waals surface area contributed by atoms with Gasteiger partial charge in [-0.3, -0.25) is 14.5 Å². The van der Waals surface area contributed by atoms with E-state index in [0.29, 0.717) is 63.4 Å². The molecule has 0 bridgehead atoms. The Bertz CT molecular complexity index is 1250. The van der Waals surface area contributed by atoms with Crippen LogP contribution in [0.5, 0.6) is 0 Å². The summed E-state index contributed by atoms with van der Waals surface area (Å²) in [5.41, 5.74) is 3.05. The first-order chi connectivity index (χ1) is 19.9. The number of ether oxygens (including phenoxy) is 1. The van der Waals surface area contributed by atoms with Gasteiger partial charge in [0.2, 0.25) is 11.9 Å². The van der Waals surface area contributed by atoms with E-state index in [-0.39, 0.29) is 30.4 Å². The van der Waals surface area contributed by atoms with Crippen LogP contribution < -0.4 is 10.2 Å². The molecule has 6 rings (SSSR count). The van der Waals surface area contributed by atoms with Gasteiger partial charge in [-0.05, 0) is 36.8 Å². The van der Waals surface area contributed by atoms with Crippen molar-refractivity contribution in [1.29, 1.82) is 0 Å². The topological polar surface area (TPSA) is 114 Å². The van der Waals surface area contributed by atoms with E-state index in [2.05, 4.69) is 39.4 Å². The van der Waals surface area contributed by atoms with Gasteiger partial charge in [0.05, 0.1) is 19.3 Å². The van der Waals surface area contributed by atoms with Crippen LogP contribution in [0.4, 0.5) is 11.8 Å². The molecule has 11 nitrogen and oxygen atoms in total. The van der Waals surface area contributed by atoms with Gasteiger partial charge in [0.1, 0.15) is 11.5 Å². The minimum Gasteiger partial charge on any atom is -0.390 e. The van der Waals surface area contributed by atoms with Crippen molar-refractivity contribution in [2.24, 2.45) is 0 Å². The Morgan fingerprint density at radius 3 is 2.41 bits per heavy atom. The number of rotatable bonds is 5. The maximum absolute atomic E-state index is 13.8. The molecule has 11 heteroatoms. The second-order valence-electron chi connectivity index (χ2n) is 11.6. The summed E-state index contributed by atoms with van der Waals surface area (Å²) >= 11 is 0. The molecule has 2 aromatic rings. The number of benzene rings is 1. The van der Waals surface area contributed by atoms with Gasteiger partial charge >= 0.3 is 0 Å². The SMILES string of the molecule is CC(=O)N1CCC(Nc2cc(C(=O)N3CC[C@H](N4CCc5ccccc5C4)[C@@H](O)C3)nc(N3CCOCC3)n2)CC1. The third-order valence-electron chi connectivity index (χ3n) is 8.98. The Balaban J connectivity index is 1.15. The van der Waals surface area contributed by atoms with Crippen LogP contribution in [0.25, 0.3) is 0 Å². The number of carbonyl (C=O) groups excluding carboxylic acids is 2. The Labute approximate surface area is 241 Å². The fourth-order valence-corrected chi connectivity index (χ4v) is 6.56. The predicted molar refractivity (Wildman–Crippen MR) is 155 cm³/mol. The van der Waals surface area contributed by atoms with E-state index in [0.717, 1.165) is 38.8 Å². The number of aliphatic hydroxyl groups excluding tert-OH is 1. The molecule has 4 aliphatic heterocycles. The molecular formula is C30H41N7O4. The number of amides is 2. The number of hydrogen-bond acceptors (Lipinski definition) is 9. The first-order valence-corrected chi connectivity index (χ1v) is 15.0. The van der Waals surface area contributed by atoms with Crippen LogP contribution in [-0.2, 0) is 22.5 Å². The molecule has 41 heavy (non-hydrogen) atoms. The fraction of sp³-hybridized carbons (Fsp3) is 0.600. The molecule has 4 aliphatic rings. The summed E-state index contributed by atoms with van der Waals surface area (Å²) in [6.07, 6.45) is 2.72. The average Bonchev–Trinajstić information content (AvgIpc) is 3.01. The lowest BCUT2D eigenvalue weighted by Crippen LogP contribution is -2.56. The van der Waals surface area contributed by atoms with Crippen molar-refractivity contribution in [3.05, 3.63) is 47.2 Å². The van der Waals surface area contributed by atoms with Crippen molar-refractivity contribution in [3.8, 4) is 0 Å². The molecule has 2 amide bonds. The number of piperidine rings is 2. The first-order valence-electron chi connectivity index (χ1n) is 15.0. The minimum atomic E-state index is -0.623. The van der Waals surface area contributed by atoms with Crippen molar-refractivity contribution in [2.75, 3.05) is 69.2 Å². The van der Waals surface area contributed by atoms with Gasteiger partial charge in [0, 0.05) is 77.4 Å². The maximum Gasteiger partial charge on any atom is 0.272 e. The number of hydrogen-bond donors (Lipinski definition) is 2. The number of morpholine rings is 1. The number of fused-ring (bicyclic) bond motifs is 1. The van der Waals surface area contributed by atoms with Gasteiger partial charge in [-0.25, -0.2) is 4.98 Å². The van der Waals surface area contributed by atoms with E-state index in [9.17, 15) is 14.7 Å². The second-order valence-corrected chi connectivity index (χ2v) is 11.6. The highest BCUT2D eigenvalue weighted by atomic mass is 16.5. The molecule has 3 saturated heterocycles. The molecule has 0 spiro atoms. The summed E-state index contributed by atoms with van der Waals surface area (Å²) < 4.78 is 5.51. The molecule has 2 atom stereocenters. The van der Waals surface area contributed by atoms with E-state index in [1.54, 1.807) is 17.9 Å². The van der Waals surface area contributed by atoms with E-state index < -0.39 is 6.10 Å². The zero-order chi connectivity index (χ0) is 28.3. The van der Waals surface area contributed by atoms with Crippen LogP contribution in [0.3, 0.4) is 0 Å². The smallest absolute Gasteiger partial charge is 0.272 e. The quantitative estimate of drug-likeness (QED) is 0.557. The molecule has 2 N–H and O–H groups in total. The zero-order valence-electron chi connectivity index (χ0n) is 23.9. The average molecular weight is 564 g/mol. The first kappa shape index (κ1) is 27.9. The number of nitrogens with one attached hydrogen (secondary N) is 1. The summed E-state index contributed by atoms with van der Waals surface area (Å²) in [4.78, 5) is 43.0. The number of aliphatic hydroxyl groups is 1. The fourth-order valence-electron chi connectivity index (χ4n) is 6.56. The molecule has 1 aromatic heterocycles. The third kappa shape index (κ3) is 6.32. The van der Waals surface area contributed by atoms with Gasteiger partial charge in [-0.15, -0.1) is 0 Å². The van der Waals surface area contributed by atoms with E-state index >= 15 is 0 Å². The third-order valence-corrected chi connectivity index (χ3v) is 8.98. The number of β-amino-alcohol motifs (C(OH)–C–C–N with tert-alkyl or cyclic N) is 1. The highest BCUT2D eigenvalue weighted by Crippen LogP contribution is 2.27. The maximum atomic E-state index is 13.8. The van der Waals surface area contributed by atoms with Crippen LogP contribution in [0.1, 0.15) is 47.8 Å². The number of anilines is 2. The normalized spacial score (nSPS) is 24.2. The summed E-state index contributed by atoms with van der Waals surface area (Å²) in [5, 5.41) is 14.7. The molecule has 220 valence electrons. The molecular weight excluding hydrogens is 522 g/mol. The van der Waals surface area contributed by atoms with Crippen LogP contribution in [-0.4, -0.2) is 119 Å². The van der Waals surface area contributed by atoms with Crippen molar-refractivity contribution in [3.63, 3.8) is 0 Å². The highest BCUT2D eigenvalue weighted by Gasteiger charge is 2.36. The van der Waals surface area contributed by atoms with Crippen molar-refractivity contribution >= 4 is 23.6 Å². The van der Waals surface area contributed by atoms with Crippen molar-refractivity contribution in [2.45, 2.75) is 57.3 Å². The molecule has 1 aromatic carbocycles. The summed E-state index contributed by atoms with van der Waals surface area (Å²) in [6, 6.07) is 10.5. The minimum absolute atomic E-state index is 0.0276. The lowest BCUT2D eigenvalue weighted by Gasteiger charge is -2.43. The molecule has 5 heterocycles. The number of carbonyl (C=O) groups is 2.